The lowest BCUT2D eigenvalue weighted by molar-refractivity contribution is -0.139. The molecule has 1 aromatic heterocycles. The van der Waals surface area contributed by atoms with Crippen molar-refractivity contribution in [3.8, 4) is 5.75 Å². The number of fused-ring (bicyclic) bond motifs is 1. The number of carbonyl (C=O) groups excluding carboxylic acids is 1. The van der Waals surface area contributed by atoms with Crippen LogP contribution in [0.1, 0.15) is 35.8 Å². The zero-order valence-electron chi connectivity index (χ0n) is 15.9. The lowest BCUT2D eigenvalue weighted by Gasteiger charge is -2.42. The standard InChI is InChI=1S/C20H25N3O4/c1-4-23(11-19(24)25)15-8-14(9-15)22-20(26)17-7-13-5-6-16(27-3)10-18(13)21-12(17)2/h5-7,10,14-15H,4,8-9,11H2,1-3H3,(H,22,26)(H,24,25). The summed E-state index contributed by atoms with van der Waals surface area (Å²) < 4.78 is 5.22. The molecular formula is C20H25N3O4. The van der Waals surface area contributed by atoms with Crippen LogP contribution in [-0.2, 0) is 4.79 Å². The maximum Gasteiger partial charge on any atom is 0.317 e. The number of aliphatic carboxylic acids is 1. The number of carboxylic acids is 1. The summed E-state index contributed by atoms with van der Waals surface area (Å²) in [6, 6.07) is 7.71. The number of aryl methyl sites for hydroxylation is 1. The van der Waals surface area contributed by atoms with Crippen LogP contribution in [0.25, 0.3) is 10.9 Å². The average Bonchev–Trinajstić information content (AvgIpc) is 2.61. The predicted octanol–water partition coefficient (Wildman–Crippen LogP) is 2.22. The molecule has 0 aliphatic heterocycles. The first-order valence-electron chi connectivity index (χ1n) is 9.13. The van der Waals surface area contributed by atoms with Gasteiger partial charge in [0.1, 0.15) is 5.75 Å². The summed E-state index contributed by atoms with van der Waals surface area (Å²) in [4.78, 5) is 30.1. The highest BCUT2D eigenvalue weighted by Crippen LogP contribution is 2.27. The van der Waals surface area contributed by atoms with Crippen LogP contribution in [0, 0.1) is 6.92 Å². The molecule has 144 valence electrons. The van der Waals surface area contributed by atoms with Gasteiger partial charge in [0.05, 0.1) is 30.4 Å². The Morgan fingerprint density at radius 2 is 2.07 bits per heavy atom. The first kappa shape index (κ1) is 19.1. The van der Waals surface area contributed by atoms with Crippen molar-refractivity contribution in [3.63, 3.8) is 0 Å². The Morgan fingerprint density at radius 1 is 1.33 bits per heavy atom. The molecular weight excluding hydrogens is 346 g/mol. The molecule has 1 aliphatic rings. The van der Waals surface area contributed by atoms with E-state index in [1.54, 1.807) is 7.11 Å². The predicted molar refractivity (Wildman–Crippen MR) is 102 cm³/mol. The smallest absolute Gasteiger partial charge is 0.317 e. The Hall–Kier alpha value is -2.67. The minimum absolute atomic E-state index is 0.0407. The van der Waals surface area contributed by atoms with E-state index in [1.165, 1.54) is 0 Å². The highest BCUT2D eigenvalue weighted by Gasteiger charge is 2.35. The first-order valence-corrected chi connectivity index (χ1v) is 9.13. The third-order valence-electron chi connectivity index (χ3n) is 5.17. The van der Waals surface area contributed by atoms with Crippen molar-refractivity contribution < 1.29 is 19.4 Å². The van der Waals surface area contributed by atoms with Crippen LogP contribution in [0.15, 0.2) is 24.3 Å². The molecule has 2 aromatic rings. The number of pyridine rings is 1. The number of ether oxygens (including phenoxy) is 1. The summed E-state index contributed by atoms with van der Waals surface area (Å²) >= 11 is 0. The Kier molecular flexibility index (Phi) is 5.60. The third-order valence-corrected chi connectivity index (χ3v) is 5.17. The van der Waals surface area contributed by atoms with Crippen molar-refractivity contribution in [2.45, 2.75) is 38.8 Å². The third kappa shape index (κ3) is 4.19. The molecule has 0 saturated heterocycles. The number of nitrogens with zero attached hydrogens (tertiary/aromatic N) is 2. The fourth-order valence-corrected chi connectivity index (χ4v) is 3.54. The summed E-state index contributed by atoms with van der Waals surface area (Å²) in [7, 11) is 1.61. The number of amides is 1. The molecule has 2 N–H and O–H groups in total. The molecule has 1 saturated carbocycles. The van der Waals surface area contributed by atoms with Crippen LogP contribution in [-0.4, -0.2) is 59.1 Å². The Labute approximate surface area is 158 Å². The number of likely N-dealkylation sites (N-methyl/N-ethyl adjacent to an activating group) is 1. The monoisotopic (exact) mass is 371 g/mol. The lowest BCUT2D eigenvalue weighted by atomic mass is 9.85. The molecule has 1 aromatic carbocycles. The molecule has 7 nitrogen and oxygen atoms in total. The highest BCUT2D eigenvalue weighted by molar-refractivity contribution is 5.99. The van der Waals surface area contributed by atoms with Gasteiger partial charge in [-0.3, -0.25) is 19.5 Å². The zero-order chi connectivity index (χ0) is 19.6. The minimum atomic E-state index is -0.821. The topological polar surface area (TPSA) is 91.8 Å². The van der Waals surface area contributed by atoms with Gasteiger partial charge < -0.3 is 15.2 Å². The Morgan fingerprint density at radius 3 is 2.70 bits per heavy atom. The summed E-state index contributed by atoms with van der Waals surface area (Å²) in [6.45, 7) is 4.50. The summed E-state index contributed by atoms with van der Waals surface area (Å²) in [5, 5.41) is 12.9. The van der Waals surface area contributed by atoms with E-state index in [9.17, 15) is 9.59 Å². The van der Waals surface area contributed by atoms with Gasteiger partial charge in [-0.25, -0.2) is 0 Å². The molecule has 3 rings (SSSR count). The second kappa shape index (κ2) is 7.92. The zero-order valence-corrected chi connectivity index (χ0v) is 15.9. The molecule has 1 fully saturated rings. The molecule has 0 atom stereocenters. The molecule has 1 amide bonds. The highest BCUT2D eigenvalue weighted by atomic mass is 16.5. The van der Waals surface area contributed by atoms with E-state index >= 15 is 0 Å². The fourth-order valence-electron chi connectivity index (χ4n) is 3.54. The molecule has 1 aliphatic carbocycles. The molecule has 0 bridgehead atoms. The van der Waals surface area contributed by atoms with Gasteiger partial charge in [-0.15, -0.1) is 0 Å². The van der Waals surface area contributed by atoms with Gasteiger partial charge in [-0.1, -0.05) is 6.92 Å². The number of hydrogen-bond acceptors (Lipinski definition) is 5. The average molecular weight is 371 g/mol. The largest absolute Gasteiger partial charge is 0.497 e. The van der Waals surface area contributed by atoms with E-state index in [0.717, 1.165) is 29.5 Å². The van der Waals surface area contributed by atoms with Crippen molar-refractivity contribution in [1.29, 1.82) is 0 Å². The number of hydrogen-bond donors (Lipinski definition) is 2. The SMILES string of the molecule is CCN(CC(=O)O)C1CC(NC(=O)c2cc3ccc(OC)cc3nc2C)C1. The Bertz CT molecular complexity index is 862. The van der Waals surface area contributed by atoms with Gasteiger partial charge in [0.15, 0.2) is 0 Å². The first-order chi connectivity index (χ1) is 12.9. The normalized spacial score (nSPS) is 19.0. The maximum atomic E-state index is 12.7. The molecule has 7 heteroatoms. The van der Waals surface area contributed by atoms with Gasteiger partial charge in [0.2, 0.25) is 0 Å². The van der Waals surface area contributed by atoms with Crippen LogP contribution in [0.2, 0.25) is 0 Å². The number of benzene rings is 1. The number of carbonyl (C=O) groups is 2. The van der Waals surface area contributed by atoms with Crippen molar-refractivity contribution >= 4 is 22.8 Å². The van der Waals surface area contributed by atoms with Crippen LogP contribution < -0.4 is 10.1 Å². The van der Waals surface area contributed by atoms with Crippen molar-refractivity contribution in [2.75, 3.05) is 20.2 Å². The second-order valence-corrected chi connectivity index (χ2v) is 6.93. The number of rotatable bonds is 7. The van der Waals surface area contributed by atoms with Gasteiger partial charge in [0, 0.05) is 23.5 Å². The van der Waals surface area contributed by atoms with E-state index in [4.69, 9.17) is 9.84 Å². The maximum absolute atomic E-state index is 12.7. The minimum Gasteiger partial charge on any atom is -0.497 e. The van der Waals surface area contributed by atoms with E-state index in [1.807, 2.05) is 43.0 Å². The van der Waals surface area contributed by atoms with Crippen LogP contribution in [0.4, 0.5) is 0 Å². The van der Waals surface area contributed by atoms with Crippen molar-refractivity contribution in [3.05, 3.63) is 35.5 Å². The van der Waals surface area contributed by atoms with Crippen LogP contribution in [0.3, 0.4) is 0 Å². The van der Waals surface area contributed by atoms with Gasteiger partial charge in [0.25, 0.3) is 5.91 Å². The summed E-state index contributed by atoms with van der Waals surface area (Å²) in [6.07, 6.45) is 1.54. The molecule has 27 heavy (non-hydrogen) atoms. The van der Waals surface area contributed by atoms with E-state index in [2.05, 4.69) is 10.3 Å². The summed E-state index contributed by atoms with van der Waals surface area (Å²) in [5.74, 6) is -0.227. The van der Waals surface area contributed by atoms with Crippen LogP contribution >= 0.6 is 0 Å². The van der Waals surface area contributed by atoms with Crippen molar-refractivity contribution in [1.82, 2.24) is 15.2 Å². The molecule has 0 unspecified atom stereocenters. The number of carboxylic acid groups (broad SMARTS) is 1. The number of methoxy groups -OCH3 is 1. The van der Waals surface area contributed by atoms with Gasteiger partial charge in [-0.2, -0.15) is 0 Å². The van der Waals surface area contributed by atoms with Crippen LogP contribution in [0.5, 0.6) is 5.75 Å². The Balaban J connectivity index is 1.65. The molecule has 0 spiro atoms. The van der Waals surface area contributed by atoms with Crippen molar-refractivity contribution in [2.24, 2.45) is 0 Å². The second-order valence-electron chi connectivity index (χ2n) is 6.93. The molecule has 0 radical (unpaired) electrons. The van der Waals surface area contributed by atoms with Gasteiger partial charge in [-0.05, 0) is 44.5 Å². The van der Waals surface area contributed by atoms with E-state index < -0.39 is 5.97 Å². The number of nitrogens with one attached hydrogen (secondary N) is 1. The lowest BCUT2D eigenvalue weighted by Crippen LogP contribution is -2.54. The number of aromatic nitrogens is 1. The fraction of sp³-hybridized carbons (Fsp3) is 0.450. The quantitative estimate of drug-likeness (QED) is 0.775. The van der Waals surface area contributed by atoms with E-state index in [-0.39, 0.29) is 24.5 Å². The van der Waals surface area contributed by atoms with E-state index in [0.29, 0.717) is 17.8 Å². The molecule has 1 heterocycles. The van der Waals surface area contributed by atoms with Gasteiger partial charge >= 0.3 is 5.97 Å². The summed E-state index contributed by atoms with van der Waals surface area (Å²) in [5.41, 5.74) is 2.03.